The predicted molar refractivity (Wildman–Crippen MR) is 84.2 cm³/mol. The molecule has 21 heavy (non-hydrogen) atoms. The average molecular weight is 311 g/mol. The minimum atomic E-state index is -1.27. The topological polar surface area (TPSA) is 69.9 Å². The highest BCUT2D eigenvalue weighted by molar-refractivity contribution is 7.78. The average Bonchev–Trinajstić information content (AvgIpc) is 2.64. The summed E-state index contributed by atoms with van der Waals surface area (Å²) in [5.74, 6) is -0.639. The number of Topliss-reactive ketones (excluding diaryl/α,β-unsaturated/α-hetero) is 1. The Kier molecular flexibility index (Phi) is 4.42. The standard InChI is InChI=1S/C16H25NO3S/c1-9(2)12-5-6-15(4,17-8-21)13-7-11(10(3)18)14(19)16(12,13)20/h9,11-14,19-20H,5-7H2,1-4H3. The van der Waals surface area contributed by atoms with Gasteiger partial charge in [0.15, 0.2) is 0 Å². The number of thiocarbonyl (C=S) groups is 1. The van der Waals surface area contributed by atoms with E-state index in [1.54, 1.807) is 0 Å². The first-order chi connectivity index (χ1) is 9.68. The molecule has 4 nitrogen and oxygen atoms in total. The van der Waals surface area contributed by atoms with Crippen LogP contribution in [0.2, 0.25) is 0 Å². The number of aliphatic hydroxyl groups excluding tert-OH is 1. The summed E-state index contributed by atoms with van der Waals surface area (Å²) in [6.45, 7) is 7.55. The number of fused-ring (bicyclic) bond motifs is 1. The summed E-state index contributed by atoms with van der Waals surface area (Å²) in [6, 6.07) is 0. The zero-order valence-electron chi connectivity index (χ0n) is 13.2. The van der Waals surface area contributed by atoms with Gasteiger partial charge in [-0.15, -0.1) is 0 Å². The van der Waals surface area contributed by atoms with Crippen molar-refractivity contribution >= 4 is 23.2 Å². The number of aliphatic imine (C=N–C) groups is 1. The SMILES string of the molecule is CC(=O)C1CC2C(C)(N=C=S)CCC(C(C)C)C2(O)C1O. The highest BCUT2D eigenvalue weighted by atomic mass is 32.1. The third-order valence-corrected chi connectivity index (χ3v) is 5.93. The molecule has 0 spiro atoms. The second kappa shape index (κ2) is 5.54. The predicted octanol–water partition coefficient (Wildman–Crippen LogP) is 2.23. The second-order valence-corrected chi connectivity index (χ2v) is 7.47. The summed E-state index contributed by atoms with van der Waals surface area (Å²) < 4.78 is 0. The third-order valence-electron chi connectivity index (χ3n) is 5.84. The minimum Gasteiger partial charge on any atom is -0.389 e. The Morgan fingerprint density at radius 2 is 2.10 bits per heavy atom. The molecule has 2 rings (SSSR count). The molecule has 2 N–H and O–H groups in total. The van der Waals surface area contributed by atoms with Gasteiger partial charge in [-0.1, -0.05) is 13.8 Å². The molecular formula is C16H25NO3S. The van der Waals surface area contributed by atoms with Crippen LogP contribution in [0, 0.1) is 23.7 Å². The Balaban J connectivity index is 2.52. The molecule has 2 aliphatic carbocycles. The number of carbonyl (C=O) groups excluding carboxylic acids is 1. The fourth-order valence-corrected chi connectivity index (χ4v) is 4.89. The lowest BCUT2D eigenvalue weighted by molar-refractivity contribution is -0.172. The van der Waals surface area contributed by atoms with Gasteiger partial charge in [0.2, 0.25) is 0 Å². The molecule has 2 aliphatic rings. The maximum atomic E-state index is 11.8. The molecule has 0 aliphatic heterocycles. The fourth-order valence-electron chi connectivity index (χ4n) is 4.68. The highest BCUT2D eigenvalue weighted by Gasteiger charge is 2.66. The van der Waals surface area contributed by atoms with Crippen molar-refractivity contribution in [1.29, 1.82) is 0 Å². The molecule has 0 radical (unpaired) electrons. The normalized spacial score (nSPS) is 46.0. The number of hydrogen-bond acceptors (Lipinski definition) is 5. The molecule has 2 fully saturated rings. The molecular weight excluding hydrogens is 286 g/mol. The van der Waals surface area contributed by atoms with Crippen LogP contribution in [0.25, 0.3) is 0 Å². The lowest BCUT2D eigenvalue weighted by atomic mass is 9.59. The van der Waals surface area contributed by atoms with Crippen LogP contribution < -0.4 is 0 Å². The van der Waals surface area contributed by atoms with Crippen LogP contribution in [0.15, 0.2) is 4.99 Å². The Morgan fingerprint density at radius 1 is 1.48 bits per heavy atom. The van der Waals surface area contributed by atoms with Gasteiger partial charge in [-0.3, -0.25) is 4.79 Å². The molecule has 0 aromatic carbocycles. The molecule has 0 amide bonds. The van der Waals surface area contributed by atoms with E-state index in [2.05, 4.69) is 24.0 Å². The van der Waals surface area contributed by atoms with Crippen LogP contribution in [-0.2, 0) is 4.79 Å². The van der Waals surface area contributed by atoms with Crippen molar-refractivity contribution in [3.05, 3.63) is 0 Å². The van der Waals surface area contributed by atoms with Crippen LogP contribution in [0.5, 0.6) is 0 Å². The first-order valence-corrected chi connectivity index (χ1v) is 8.09. The molecule has 0 bridgehead atoms. The molecule has 5 heteroatoms. The molecule has 0 aromatic rings. The second-order valence-electron chi connectivity index (χ2n) is 7.29. The van der Waals surface area contributed by atoms with E-state index in [0.29, 0.717) is 6.42 Å². The van der Waals surface area contributed by atoms with E-state index in [1.807, 2.05) is 6.92 Å². The first kappa shape index (κ1) is 16.8. The first-order valence-electron chi connectivity index (χ1n) is 7.68. The molecule has 6 unspecified atom stereocenters. The van der Waals surface area contributed by atoms with Crippen LogP contribution in [0.1, 0.15) is 47.0 Å². The van der Waals surface area contributed by atoms with Gasteiger partial charge in [0, 0.05) is 11.8 Å². The lowest BCUT2D eigenvalue weighted by Crippen LogP contribution is -2.61. The minimum absolute atomic E-state index is 0.0322. The number of carbonyl (C=O) groups is 1. The molecule has 0 aromatic heterocycles. The quantitative estimate of drug-likeness (QED) is 0.619. The van der Waals surface area contributed by atoms with E-state index in [9.17, 15) is 15.0 Å². The zero-order valence-corrected chi connectivity index (χ0v) is 14.0. The highest BCUT2D eigenvalue weighted by Crippen LogP contribution is 2.57. The Labute approximate surface area is 131 Å². The van der Waals surface area contributed by atoms with E-state index in [0.717, 1.165) is 12.8 Å². The number of aliphatic hydroxyl groups is 2. The summed E-state index contributed by atoms with van der Waals surface area (Å²) in [7, 11) is 0. The number of nitrogens with zero attached hydrogens (tertiary/aromatic N) is 1. The van der Waals surface area contributed by atoms with Crippen molar-refractivity contribution in [2.75, 3.05) is 0 Å². The fraction of sp³-hybridized carbons (Fsp3) is 0.875. The number of ketones is 1. The van der Waals surface area contributed by atoms with Gasteiger partial charge in [0.1, 0.15) is 5.78 Å². The van der Waals surface area contributed by atoms with Crippen molar-refractivity contribution < 1.29 is 15.0 Å². The van der Waals surface area contributed by atoms with Crippen LogP contribution in [0.3, 0.4) is 0 Å². The van der Waals surface area contributed by atoms with E-state index in [4.69, 9.17) is 12.2 Å². The van der Waals surface area contributed by atoms with Crippen molar-refractivity contribution in [1.82, 2.24) is 0 Å². The van der Waals surface area contributed by atoms with Crippen LogP contribution in [0.4, 0.5) is 0 Å². The van der Waals surface area contributed by atoms with Crippen molar-refractivity contribution in [3.63, 3.8) is 0 Å². The van der Waals surface area contributed by atoms with Crippen molar-refractivity contribution in [3.8, 4) is 0 Å². The number of hydrogen-bond donors (Lipinski definition) is 2. The van der Waals surface area contributed by atoms with Gasteiger partial charge in [0.05, 0.1) is 22.4 Å². The molecule has 2 saturated carbocycles. The number of rotatable bonds is 3. The Hall–Kier alpha value is -0.610. The van der Waals surface area contributed by atoms with Gasteiger partial charge in [-0.05, 0) is 57.2 Å². The van der Waals surface area contributed by atoms with Crippen molar-refractivity contribution in [2.24, 2.45) is 28.7 Å². The largest absolute Gasteiger partial charge is 0.389 e. The summed E-state index contributed by atoms with van der Waals surface area (Å²) in [5.41, 5.74) is -1.82. The van der Waals surface area contributed by atoms with E-state index < -0.39 is 23.2 Å². The number of isothiocyanates is 1. The van der Waals surface area contributed by atoms with Gasteiger partial charge >= 0.3 is 0 Å². The molecule has 118 valence electrons. The molecule has 0 saturated heterocycles. The van der Waals surface area contributed by atoms with E-state index >= 15 is 0 Å². The summed E-state index contributed by atoms with van der Waals surface area (Å²) >= 11 is 4.76. The summed E-state index contributed by atoms with van der Waals surface area (Å²) in [6.07, 6.45) is 1.01. The molecule has 0 heterocycles. The maximum Gasteiger partial charge on any atom is 0.135 e. The van der Waals surface area contributed by atoms with Crippen LogP contribution >= 0.6 is 12.2 Å². The van der Waals surface area contributed by atoms with Gasteiger partial charge in [-0.25, -0.2) is 4.99 Å². The van der Waals surface area contributed by atoms with Gasteiger partial charge in [-0.2, -0.15) is 0 Å². The monoisotopic (exact) mass is 311 g/mol. The van der Waals surface area contributed by atoms with Gasteiger partial charge in [0.25, 0.3) is 0 Å². The lowest BCUT2D eigenvalue weighted by Gasteiger charge is -2.52. The van der Waals surface area contributed by atoms with Crippen LogP contribution in [-0.4, -0.2) is 38.4 Å². The van der Waals surface area contributed by atoms with Gasteiger partial charge < -0.3 is 10.2 Å². The molecule has 6 atom stereocenters. The van der Waals surface area contributed by atoms with E-state index in [-0.39, 0.29) is 23.5 Å². The smallest absolute Gasteiger partial charge is 0.135 e. The Morgan fingerprint density at radius 3 is 2.57 bits per heavy atom. The van der Waals surface area contributed by atoms with Crippen molar-refractivity contribution in [2.45, 2.75) is 64.2 Å². The van der Waals surface area contributed by atoms with E-state index in [1.165, 1.54) is 6.92 Å². The summed E-state index contributed by atoms with van der Waals surface area (Å²) in [5, 5.41) is 24.5. The summed E-state index contributed by atoms with van der Waals surface area (Å²) in [4.78, 5) is 16.2. The zero-order chi connectivity index (χ0) is 16.0. The maximum absolute atomic E-state index is 11.8. The Bertz CT molecular complexity index is 488. The third kappa shape index (κ3) is 2.40.